The van der Waals surface area contributed by atoms with E-state index in [1.165, 1.54) is 11.1 Å². The van der Waals surface area contributed by atoms with E-state index in [0.29, 0.717) is 0 Å². The van der Waals surface area contributed by atoms with Crippen LogP contribution in [0.4, 0.5) is 0 Å². The predicted octanol–water partition coefficient (Wildman–Crippen LogP) is 6.40. The summed E-state index contributed by atoms with van der Waals surface area (Å²) in [5.74, 6) is 3.19. The minimum absolute atomic E-state index is 0.766. The topological polar surface area (TPSA) is 18.5 Å². The lowest BCUT2D eigenvalue weighted by Gasteiger charge is -2.10. The highest BCUT2D eigenvalue weighted by Crippen LogP contribution is 2.28. The summed E-state index contributed by atoms with van der Waals surface area (Å²) in [4.78, 5) is 0. The average molecular weight is 318 g/mol. The lowest BCUT2D eigenvalue weighted by atomic mass is 10.2. The molecular formula is C22H22O2. The summed E-state index contributed by atoms with van der Waals surface area (Å²) in [5.41, 5.74) is 2.60. The van der Waals surface area contributed by atoms with E-state index in [9.17, 15) is 0 Å². The van der Waals surface area contributed by atoms with Crippen LogP contribution >= 0.6 is 0 Å². The molecule has 0 saturated heterocycles. The van der Waals surface area contributed by atoms with E-state index in [-0.39, 0.29) is 0 Å². The van der Waals surface area contributed by atoms with Crippen molar-refractivity contribution in [1.82, 2.24) is 0 Å². The van der Waals surface area contributed by atoms with Gasteiger partial charge in [-0.3, -0.25) is 0 Å². The molecule has 0 aliphatic carbocycles. The van der Waals surface area contributed by atoms with Gasteiger partial charge < -0.3 is 9.47 Å². The Morgan fingerprint density at radius 1 is 0.542 bits per heavy atom. The maximum absolute atomic E-state index is 5.91. The van der Waals surface area contributed by atoms with Crippen LogP contribution in [-0.4, -0.2) is 0 Å². The van der Waals surface area contributed by atoms with Gasteiger partial charge in [-0.1, -0.05) is 44.2 Å². The predicted molar refractivity (Wildman–Crippen MR) is 98.2 cm³/mol. The lowest BCUT2D eigenvalue weighted by molar-refractivity contribution is 0.460. The molecule has 0 aromatic heterocycles. The third kappa shape index (κ3) is 4.17. The lowest BCUT2D eigenvalue weighted by Crippen LogP contribution is -1.88. The maximum Gasteiger partial charge on any atom is 0.131 e. The molecule has 3 aromatic rings. The Labute approximate surface area is 143 Å². The summed E-state index contributed by atoms with van der Waals surface area (Å²) in [7, 11) is 0. The first-order valence-electron chi connectivity index (χ1n) is 8.40. The zero-order chi connectivity index (χ0) is 16.8. The molecule has 0 radical (unpaired) electrons. The summed E-state index contributed by atoms with van der Waals surface area (Å²) in [6.45, 7) is 4.29. The van der Waals surface area contributed by atoms with Crippen molar-refractivity contribution in [2.75, 3.05) is 0 Å². The fourth-order valence-electron chi connectivity index (χ4n) is 2.46. The van der Waals surface area contributed by atoms with Crippen molar-refractivity contribution in [3.05, 3.63) is 83.9 Å². The van der Waals surface area contributed by atoms with Gasteiger partial charge in [0.25, 0.3) is 0 Å². The van der Waals surface area contributed by atoms with Crippen LogP contribution in [0.25, 0.3) is 0 Å². The molecule has 0 heterocycles. The van der Waals surface area contributed by atoms with Crippen LogP contribution in [0.2, 0.25) is 0 Å². The van der Waals surface area contributed by atoms with E-state index < -0.39 is 0 Å². The normalized spacial score (nSPS) is 10.4. The molecule has 0 fully saturated rings. The second-order valence-corrected chi connectivity index (χ2v) is 5.67. The zero-order valence-corrected chi connectivity index (χ0v) is 14.2. The molecule has 2 nitrogen and oxygen atoms in total. The molecule has 0 amide bonds. The molecule has 24 heavy (non-hydrogen) atoms. The van der Waals surface area contributed by atoms with Crippen molar-refractivity contribution in [2.45, 2.75) is 26.7 Å². The molecule has 3 aromatic carbocycles. The number of aryl methyl sites for hydroxylation is 2. The Balaban J connectivity index is 1.70. The Kier molecular flexibility index (Phi) is 5.17. The summed E-state index contributed by atoms with van der Waals surface area (Å²) in [5, 5.41) is 0. The van der Waals surface area contributed by atoms with Crippen LogP contribution in [0.1, 0.15) is 25.0 Å². The van der Waals surface area contributed by atoms with Gasteiger partial charge in [0.2, 0.25) is 0 Å². The Bertz CT molecular complexity index is 709. The van der Waals surface area contributed by atoms with E-state index in [2.05, 4.69) is 38.1 Å². The van der Waals surface area contributed by atoms with E-state index in [4.69, 9.17) is 9.47 Å². The van der Waals surface area contributed by atoms with Crippen molar-refractivity contribution in [3.63, 3.8) is 0 Å². The Morgan fingerprint density at radius 2 is 0.958 bits per heavy atom. The molecule has 122 valence electrons. The molecule has 0 N–H and O–H groups in total. The molecule has 0 unspecified atom stereocenters. The summed E-state index contributed by atoms with van der Waals surface area (Å²) in [6, 6.07) is 24.0. The average Bonchev–Trinajstić information content (AvgIpc) is 2.63. The molecule has 0 spiro atoms. The highest BCUT2D eigenvalue weighted by atomic mass is 16.5. The SMILES string of the molecule is CCc1ccc(Oc2cccc(Oc3ccc(CC)cc3)c2)cc1. The molecule has 3 rings (SSSR count). The van der Waals surface area contributed by atoms with Crippen molar-refractivity contribution >= 4 is 0 Å². The van der Waals surface area contributed by atoms with Gasteiger partial charge in [0.05, 0.1) is 0 Å². The van der Waals surface area contributed by atoms with Crippen LogP contribution in [0.3, 0.4) is 0 Å². The minimum Gasteiger partial charge on any atom is -0.457 e. The van der Waals surface area contributed by atoms with Crippen molar-refractivity contribution < 1.29 is 9.47 Å². The smallest absolute Gasteiger partial charge is 0.131 e. The number of hydrogen-bond acceptors (Lipinski definition) is 2. The Hall–Kier alpha value is -2.74. The monoisotopic (exact) mass is 318 g/mol. The minimum atomic E-state index is 0.766. The highest BCUT2D eigenvalue weighted by molar-refractivity contribution is 5.40. The third-order valence-electron chi connectivity index (χ3n) is 3.94. The van der Waals surface area contributed by atoms with Gasteiger partial charge in [-0.2, -0.15) is 0 Å². The van der Waals surface area contributed by atoms with Crippen molar-refractivity contribution in [2.24, 2.45) is 0 Å². The molecule has 2 heteroatoms. The van der Waals surface area contributed by atoms with Gasteiger partial charge in [-0.05, 0) is 60.4 Å². The summed E-state index contributed by atoms with van der Waals surface area (Å²) >= 11 is 0. The van der Waals surface area contributed by atoms with Crippen molar-refractivity contribution in [3.8, 4) is 23.0 Å². The fourth-order valence-corrected chi connectivity index (χ4v) is 2.46. The molecule has 0 bridgehead atoms. The van der Waals surface area contributed by atoms with Crippen LogP contribution in [0.5, 0.6) is 23.0 Å². The first-order chi connectivity index (χ1) is 11.8. The van der Waals surface area contributed by atoms with Crippen LogP contribution < -0.4 is 9.47 Å². The number of ether oxygens (including phenoxy) is 2. The standard InChI is InChI=1S/C22H22O2/c1-3-17-8-12-19(13-9-17)23-21-6-5-7-22(16-21)24-20-14-10-18(4-2)11-15-20/h5-16H,3-4H2,1-2H3. The highest BCUT2D eigenvalue weighted by Gasteiger charge is 2.02. The van der Waals surface area contributed by atoms with Crippen LogP contribution in [-0.2, 0) is 12.8 Å². The van der Waals surface area contributed by atoms with Gasteiger partial charge in [0.1, 0.15) is 23.0 Å². The third-order valence-corrected chi connectivity index (χ3v) is 3.94. The fraction of sp³-hybridized carbons (Fsp3) is 0.182. The first-order valence-corrected chi connectivity index (χ1v) is 8.40. The Morgan fingerprint density at radius 3 is 1.33 bits per heavy atom. The van der Waals surface area contributed by atoms with Gasteiger partial charge in [-0.15, -0.1) is 0 Å². The first kappa shape index (κ1) is 16.1. The van der Waals surface area contributed by atoms with E-state index in [1.54, 1.807) is 0 Å². The van der Waals surface area contributed by atoms with E-state index in [1.807, 2.05) is 48.5 Å². The molecule has 0 atom stereocenters. The maximum atomic E-state index is 5.91. The van der Waals surface area contributed by atoms with Gasteiger partial charge in [0, 0.05) is 6.07 Å². The molecule has 0 saturated carbocycles. The molecular weight excluding hydrogens is 296 g/mol. The van der Waals surface area contributed by atoms with Gasteiger partial charge in [-0.25, -0.2) is 0 Å². The zero-order valence-electron chi connectivity index (χ0n) is 14.2. The number of hydrogen-bond donors (Lipinski definition) is 0. The van der Waals surface area contributed by atoms with Crippen molar-refractivity contribution in [1.29, 1.82) is 0 Å². The molecule has 0 aliphatic rings. The second kappa shape index (κ2) is 7.69. The largest absolute Gasteiger partial charge is 0.457 e. The molecule has 0 aliphatic heterocycles. The quantitative estimate of drug-likeness (QED) is 0.524. The van der Waals surface area contributed by atoms with Gasteiger partial charge in [0.15, 0.2) is 0 Å². The van der Waals surface area contributed by atoms with E-state index in [0.717, 1.165) is 35.8 Å². The number of benzene rings is 3. The van der Waals surface area contributed by atoms with Gasteiger partial charge >= 0.3 is 0 Å². The van der Waals surface area contributed by atoms with Crippen LogP contribution in [0, 0.1) is 0 Å². The summed E-state index contributed by atoms with van der Waals surface area (Å²) in [6.07, 6.45) is 2.06. The second-order valence-electron chi connectivity index (χ2n) is 5.67. The van der Waals surface area contributed by atoms with E-state index >= 15 is 0 Å². The summed E-state index contributed by atoms with van der Waals surface area (Å²) < 4.78 is 11.8. The van der Waals surface area contributed by atoms with Crippen LogP contribution in [0.15, 0.2) is 72.8 Å². The number of rotatable bonds is 6.